The van der Waals surface area contributed by atoms with Gasteiger partial charge in [0.2, 0.25) is 6.79 Å². The predicted octanol–water partition coefficient (Wildman–Crippen LogP) is 3.32. The van der Waals surface area contributed by atoms with E-state index in [0.29, 0.717) is 23.0 Å². The molecule has 0 bridgehead atoms. The van der Waals surface area contributed by atoms with Crippen molar-refractivity contribution in [3.05, 3.63) is 42.0 Å². The Kier molecular flexibility index (Phi) is 4.26. The maximum atomic E-state index is 8.94. The molecule has 6 nitrogen and oxygen atoms in total. The van der Waals surface area contributed by atoms with Crippen LogP contribution in [0.25, 0.3) is 22.2 Å². The Balaban J connectivity index is 1.84. The normalized spacial score (nSPS) is 12.4. The zero-order valence-corrected chi connectivity index (χ0v) is 14.6. The lowest BCUT2D eigenvalue weighted by Gasteiger charge is -2.12. The molecule has 2 aromatic carbocycles. The van der Waals surface area contributed by atoms with Crippen molar-refractivity contribution in [2.45, 2.75) is 6.92 Å². The highest BCUT2D eigenvalue weighted by Crippen LogP contribution is 2.42. The first-order valence-corrected chi connectivity index (χ1v) is 8.32. The van der Waals surface area contributed by atoms with Crippen molar-refractivity contribution >= 4 is 10.9 Å². The number of rotatable bonds is 5. The van der Waals surface area contributed by atoms with Crippen LogP contribution in [0.1, 0.15) is 5.56 Å². The van der Waals surface area contributed by atoms with Gasteiger partial charge in [-0.15, -0.1) is 0 Å². The molecule has 0 amide bonds. The summed E-state index contributed by atoms with van der Waals surface area (Å²) in [5.41, 5.74) is 3.53. The fourth-order valence-corrected chi connectivity index (χ4v) is 3.07. The molecule has 4 rings (SSSR count). The van der Waals surface area contributed by atoms with Gasteiger partial charge < -0.3 is 24.1 Å². The molecule has 0 spiro atoms. The highest BCUT2D eigenvalue weighted by molar-refractivity contribution is 5.87. The van der Waals surface area contributed by atoms with E-state index in [1.165, 1.54) is 0 Å². The number of pyridine rings is 1. The van der Waals surface area contributed by atoms with Gasteiger partial charge in [-0.25, -0.2) is 4.98 Å². The largest absolute Gasteiger partial charge is 0.496 e. The summed E-state index contributed by atoms with van der Waals surface area (Å²) in [6.45, 7) is 2.47. The molecule has 0 saturated carbocycles. The van der Waals surface area contributed by atoms with Crippen LogP contribution >= 0.6 is 0 Å². The topological polar surface area (TPSA) is 70.0 Å². The fourth-order valence-electron chi connectivity index (χ4n) is 3.07. The number of aryl methyl sites for hydroxylation is 1. The molecule has 1 N–H and O–H groups in total. The number of aliphatic hydroxyl groups is 1. The molecule has 2 heterocycles. The summed E-state index contributed by atoms with van der Waals surface area (Å²) in [6.07, 6.45) is 0. The van der Waals surface area contributed by atoms with Crippen LogP contribution in [-0.4, -0.2) is 37.2 Å². The van der Waals surface area contributed by atoms with Gasteiger partial charge in [0.15, 0.2) is 11.5 Å². The van der Waals surface area contributed by atoms with E-state index >= 15 is 0 Å². The van der Waals surface area contributed by atoms with Crippen molar-refractivity contribution in [3.63, 3.8) is 0 Å². The summed E-state index contributed by atoms with van der Waals surface area (Å²) < 4.78 is 21.9. The third-order valence-electron chi connectivity index (χ3n) is 4.32. The van der Waals surface area contributed by atoms with Gasteiger partial charge in [-0.1, -0.05) is 0 Å². The number of methoxy groups -OCH3 is 1. The summed E-state index contributed by atoms with van der Waals surface area (Å²) in [6, 6.07) is 11.5. The van der Waals surface area contributed by atoms with Crippen LogP contribution in [0.15, 0.2) is 36.4 Å². The summed E-state index contributed by atoms with van der Waals surface area (Å²) in [5, 5.41) is 9.98. The van der Waals surface area contributed by atoms with E-state index in [2.05, 4.69) is 0 Å². The Morgan fingerprint density at radius 1 is 1.12 bits per heavy atom. The Morgan fingerprint density at radius 2 is 1.92 bits per heavy atom. The first-order valence-electron chi connectivity index (χ1n) is 8.32. The standard InChI is InChI=1S/C20H19NO5/c1-12-7-16(15-9-19-20(26-11-25-19)10-18(15)23-2)21-17-8-13(24-6-5-22)3-4-14(12)17/h3-4,7-10,22H,5-6,11H2,1-2H3. The van der Waals surface area contributed by atoms with Gasteiger partial charge in [-0.2, -0.15) is 0 Å². The monoisotopic (exact) mass is 353 g/mol. The SMILES string of the molecule is COc1cc2c(cc1-c1cc(C)c3ccc(OCCO)cc3n1)OCO2. The van der Waals surface area contributed by atoms with Gasteiger partial charge in [0.25, 0.3) is 0 Å². The van der Waals surface area contributed by atoms with E-state index in [-0.39, 0.29) is 20.0 Å². The number of aromatic nitrogens is 1. The first kappa shape index (κ1) is 16.5. The van der Waals surface area contributed by atoms with Crippen molar-refractivity contribution in [1.82, 2.24) is 4.98 Å². The average Bonchev–Trinajstić information content (AvgIpc) is 3.12. The minimum Gasteiger partial charge on any atom is -0.496 e. The van der Waals surface area contributed by atoms with Crippen LogP contribution in [0, 0.1) is 6.92 Å². The molecule has 1 aliphatic rings. The second-order valence-electron chi connectivity index (χ2n) is 5.98. The second kappa shape index (κ2) is 6.72. The van der Waals surface area contributed by atoms with E-state index in [4.69, 9.17) is 29.0 Å². The van der Waals surface area contributed by atoms with E-state index < -0.39 is 0 Å². The Morgan fingerprint density at radius 3 is 2.69 bits per heavy atom. The summed E-state index contributed by atoms with van der Waals surface area (Å²) in [5.74, 6) is 2.70. The van der Waals surface area contributed by atoms with Gasteiger partial charge in [0.05, 0.1) is 24.9 Å². The van der Waals surface area contributed by atoms with Gasteiger partial charge in [0.1, 0.15) is 18.1 Å². The van der Waals surface area contributed by atoms with Gasteiger partial charge in [-0.3, -0.25) is 0 Å². The smallest absolute Gasteiger partial charge is 0.231 e. The number of benzene rings is 2. The quantitative estimate of drug-likeness (QED) is 0.759. The van der Waals surface area contributed by atoms with Crippen molar-refractivity contribution < 1.29 is 24.1 Å². The van der Waals surface area contributed by atoms with Crippen molar-refractivity contribution in [1.29, 1.82) is 0 Å². The van der Waals surface area contributed by atoms with Gasteiger partial charge in [0, 0.05) is 23.1 Å². The maximum Gasteiger partial charge on any atom is 0.231 e. The van der Waals surface area contributed by atoms with Crippen molar-refractivity contribution in [3.8, 4) is 34.3 Å². The molecule has 0 saturated heterocycles. The van der Waals surface area contributed by atoms with E-state index in [1.54, 1.807) is 7.11 Å². The molecular weight excluding hydrogens is 334 g/mol. The molecule has 26 heavy (non-hydrogen) atoms. The van der Waals surface area contributed by atoms with Crippen LogP contribution in [0.2, 0.25) is 0 Å². The molecule has 6 heteroatoms. The lowest BCUT2D eigenvalue weighted by Crippen LogP contribution is -2.01. The van der Waals surface area contributed by atoms with Crippen LogP contribution in [-0.2, 0) is 0 Å². The number of fused-ring (bicyclic) bond motifs is 2. The molecular formula is C20H19NO5. The molecule has 0 unspecified atom stereocenters. The van der Waals surface area contributed by atoms with Crippen LogP contribution in [0.3, 0.4) is 0 Å². The number of ether oxygens (including phenoxy) is 4. The predicted molar refractivity (Wildman–Crippen MR) is 97.2 cm³/mol. The number of nitrogens with zero attached hydrogens (tertiary/aromatic N) is 1. The van der Waals surface area contributed by atoms with E-state index in [1.807, 2.05) is 43.3 Å². The lowest BCUT2D eigenvalue weighted by atomic mass is 10.0. The van der Waals surface area contributed by atoms with Gasteiger partial charge >= 0.3 is 0 Å². The van der Waals surface area contributed by atoms with Crippen molar-refractivity contribution in [2.75, 3.05) is 27.1 Å². The molecule has 134 valence electrons. The second-order valence-corrected chi connectivity index (χ2v) is 5.98. The molecule has 0 atom stereocenters. The van der Waals surface area contributed by atoms with Crippen molar-refractivity contribution in [2.24, 2.45) is 0 Å². The van der Waals surface area contributed by atoms with E-state index in [0.717, 1.165) is 27.7 Å². The van der Waals surface area contributed by atoms with E-state index in [9.17, 15) is 0 Å². The molecule has 3 aromatic rings. The third kappa shape index (κ3) is 2.88. The Hall–Kier alpha value is -2.99. The third-order valence-corrected chi connectivity index (χ3v) is 4.32. The minimum atomic E-state index is -0.0288. The summed E-state index contributed by atoms with van der Waals surface area (Å²) in [4.78, 5) is 4.79. The number of hydrogen-bond donors (Lipinski definition) is 1. The minimum absolute atomic E-state index is 0.0288. The molecule has 1 aliphatic heterocycles. The Labute approximate surface area is 150 Å². The highest BCUT2D eigenvalue weighted by Gasteiger charge is 2.20. The highest BCUT2D eigenvalue weighted by atomic mass is 16.7. The maximum absolute atomic E-state index is 8.94. The average molecular weight is 353 g/mol. The molecule has 0 radical (unpaired) electrons. The summed E-state index contributed by atoms with van der Waals surface area (Å²) in [7, 11) is 1.62. The zero-order valence-electron chi connectivity index (χ0n) is 14.6. The van der Waals surface area contributed by atoms with Crippen LogP contribution in [0.5, 0.6) is 23.0 Å². The number of aliphatic hydroxyl groups excluding tert-OH is 1. The fraction of sp³-hybridized carbons (Fsp3) is 0.250. The number of hydrogen-bond acceptors (Lipinski definition) is 6. The lowest BCUT2D eigenvalue weighted by molar-refractivity contribution is 0.174. The molecule has 0 fully saturated rings. The van der Waals surface area contributed by atoms with Crippen LogP contribution < -0.4 is 18.9 Å². The molecule has 0 aliphatic carbocycles. The molecule has 1 aromatic heterocycles. The first-order chi connectivity index (χ1) is 12.7. The zero-order chi connectivity index (χ0) is 18.1. The Bertz CT molecular complexity index is 970. The van der Waals surface area contributed by atoms with Gasteiger partial charge in [-0.05, 0) is 36.8 Å². The summed E-state index contributed by atoms with van der Waals surface area (Å²) >= 11 is 0. The van der Waals surface area contributed by atoms with Crippen LogP contribution in [0.4, 0.5) is 0 Å².